The number of halogens is 3. The van der Waals surface area contributed by atoms with Crippen LogP contribution in [0.3, 0.4) is 0 Å². The van der Waals surface area contributed by atoms with Crippen LogP contribution < -0.4 is 0 Å². The summed E-state index contributed by atoms with van der Waals surface area (Å²) < 4.78 is 38.4. The second-order valence-corrected chi connectivity index (χ2v) is 3.76. The van der Waals surface area contributed by atoms with Crippen molar-refractivity contribution in [2.24, 2.45) is 0 Å². The van der Waals surface area contributed by atoms with Gasteiger partial charge in [0.25, 0.3) is 0 Å². The monoisotopic (exact) mass is 259 g/mol. The number of rotatable bonds is 1. The molecule has 0 aliphatic carbocycles. The van der Waals surface area contributed by atoms with Gasteiger partial charge >= 0.3 is 12.1 Å². The Labute approximate surface area is 98.9 Å². The van der Waals surface area contributed by atoms with E-state index in [-0.39, 0.29) is 22.6 Å². The third-order valence-electron chi connectivity index (χ3n) is 2.52. The molecule has 2 aromatic heterocycles. The summed E-state index contributed by atoms with van der Waals surface area (Å²) in [6.45, 7) is 2.81. The average molecular weight is 259 g/mol. The lowest BCUT2D eigenvalue weighted by molar-refractivity contribution is -0.141. The Hall–Kier alpha value is -2.12. The zero-order valence-electron chi connectivity index (χ0n) is 9.41. The summed E-state index contributed by atoms with van der Waals surface area (Å²) in [5.41, 5.74) is -0.997. The predicted octanol–water partition coefficient (Wildman–Crippen LogP) is 2.06. The minimum Gasteiger partial charge on any atom is -0.478 e. The maximum Gasteiger partial charge on any atom is 0.435 e. The first-order chi connectivity index (χ1) is 8.21. The maximum absolute atomic E-state index is 12.5. The van der Waals surface area contributed by atoms with Crippen molar-refractivity contribution in [3.63, 3.8) is 0 Å². The Balaban J connectivity index is 2.79. The number of hydrogen-bond acceptors (Lipinski definition) is 3. The molecular formula is C10H8F3N3O2. The molecule has 0 saturated carbocycles. The van der Waals surface area contributed by atoms with E-state index in [0.717, 1.165) is 10.6 Å². The van der Waals surface area contributed by atoms with Crippen LogP contribution in [0.15, 0.2) is 6.07 Å². The molecule has 0 fully saturated rings. The first kappa shape index (κ1) is 12.3. The van der Waals surface area contributed by atoms with Crippen molar-refractivity contribution in [3.8, 4) is 0 Å². The topological polar surface area (TPSA) is 67.5 Å². The molecule has 0 aliphatic rings. The van der Waals surface area contributed by atoms with Gasteiger partial charge in [-0.1, -0.05) is 0 Å². The van der Waals surface area contributed by atoms with Crippen molar-refractivity contribution in [2.75, 3.05) is 0 Å². The van der Waals surface area contributed by atoms with Crippen LogP contribution >= 0.6 is 0 Å². The SMILES string of the molecule is Cc1nc2cc(C(F)(F)F)nn2c(C)c1C(=O)O. The van der Waals surface area contributed by atoms with Gasteiger partial charge in [-0.05, 0) is 13.8 Å². The van der Waals surface area contributed by atoms with Crippen molar-refractivity contribution in [2.45, 2.75) is 20.0 Å². The second kappa shape index (κ2) is 3.69. The Morgan fingerprint density at radius 2 is 2.00 bits per heavy atom. The molecule has 5 nitrogen and oxygen atoms in total. The van der Waals surface area contributed by atoms with Gasteiger partial charge in [0.1, 0.15) is 5.56 Å². The highest BCUT2D eigenvalue weighted by Gasteiger charge is 2.34. The molecule has 18 heavy (non-hydrogen) atoms. The highest BCUT2D eigenvalue weighted by Crippen LogP contribution is 2.29. The number of nitrogens with zero attached hydrogens (tertiary/aromatic N) is 3. The summed E-state index contributed by atoms with van der Waals surface area (Å²) in [6.07, 6.45) is -4.59. The van der Waals surface area contributed by atoms with E-state index in [9.17, 15) is 18.0 Å². The largest absolute Gasteiger partial charge is 0.478 e. The molecule has 0 aromatic carbocycles. The normalized spacial score (nSPS) is 12.1. The summed E-state index contributed by atoms with van der Waals surface area (Å²) in [7, 11) is 0. The van der Waals surface area contributed by atoms with Gasteiger partial charge in [-0.15, -0.1) is 0 Å². The molecule has 96 valence electrons. The number of carboxylic acids is 1. The molecule has 2 rings (SSSR count). The third-order valence-corrected chi connectivity index (χ3v) is 2.52. The van der Waals surface area contributed by atoms with E-state index in [1.54, 1.807) is 0 Å². The highest BCUT2D eigenvalue weighted by molar-refractivity contribution is 5.90. The quantitative estimate of drug-likeness (QED) is 0.851. The first-order valence-corrected chi connectivity index (χ1v) is 4.89. The molecule has 0 unspecified atom stereocenters. The number of carbonyl (C=O) groups is 1. The zero-order valence-corrected chi connectivity index (χ0v) is 9.41. The van der Waals surface area contributed by atoms with Crippen LogP contribution in [0.2, 0.25) is 0 Å². The summed E-state index contributed by atoms with van der Waals surface area (Å²) >= 11 is 0. The fraction of sp³-hybridized carbons (Fsp3) is 0.300. The molecule has 1 N–H and O–H groups in total. The minimum atomic E-state index is -4.59. The van der Waals surface area contributed by atoms with Gasteiger partial charge in [-0.25, -0.2) is 14.3 Å². The van der Waals surface area contributed by atoms with Crippen LogP contribution in [0.1, 0.15) is 27.4 Å². The van der Waals surface area contributed by atoms with E-state index in [1.165, 1.54) is 13.8 Å². The Bertz CT molecular complexity index is 646. The van der Waals surface area contributed by atoms with E-state index in [0.29, 0.717) is 0 Å². The van der Waals surface area contributed by atoms with Crippen LogP contribution in [0.25, 0.3) is 5.65 Å². The molecule has 0 spiro atoms. The van der Waals surface area contributed by atoms with Crippen LogP contribution in [0.4, 0.5) is 13.2 Å². The third kappa shape index (κ3) is 1.79. The number of aromatic carboxylic acids is 1. The predicted molar refractivity (Wildman–Crippen MR) is 54.4 cm³/mol. The highest BCUT2D eigenvalue weighted by atomic mass is 19.4. The molecule has 8 heteroatoms. The second-order valence-electron chi connectivity index (χ2n) is 3.76. The van der Waals surface area contributed by atoms with Gasteiger partial charge < -0.3 is 5.11 Å². The molecule has 2 aromatic rings. The molecule has 0 atom stereocenters. The summed E-state index contributed by atoms with van der Waals surface area (Å²) in [5, 5.41) is 12.3. The molecule has 0 radical (unpaired) electrons. The van der Waals surface area contributed by atoms with E-state index >= 15 is 0 Å². The van der Waals surface area contributed by atoms with Crippen LogP contribution in [0.5, 0.6) is 0 Å². The van der Waals surface area contributed by atoms with Gasteiger partial charge in [0.2, 0.25) is 0 Å². The lowest BCUT2D eigenvalue weighted by Crippen LogP contribution is -2.11. The first-order valence-electron chi connectivity index (χ1n) is 4.89. The van der Waals surface area contributed by atoms with E-state index in [2.05, 4.69) is 10.1 Å². The smallest absolute Gasteiger partial charge is 0.435 e. The van der Waals surface area contributed by atoms with Gasteiger partial charge in [-0.2, -0.15) is 18.3 Å². The lowest BCUT2D eigenvalue weighted by Gasteiger charge is -2.06. The fourth-order valence-electron chi connectivity index (χ4n) is 1.74. The summed E-state index contributed by atoms with van der Waals surface area (Å²) in [6, 6.07) is 0.783. The average Bonchev–Trinajstić information content (AvgIpc) is 2.60. The minimum absolute atomic E-state index is 0.0256. The van der Waals surface area contributed by atoms with Gasteiger partial charge in [0, 0.05) is 6.07 Å². The molecular weight excluding hydrogens is 251 g/mol. The molecule has 0 bridgehead atoms. The van der Waals surface area contributed by atoms with Crippen LogP contribution in [-0.4, -0.2) is 25.7 Å². The molecule has 2 heterocycles. The Morgan fingerprint density at radius 1 is 1.39 bits per heavy atom. The maximum atomic E-state index is 12.5. The van der Waals surface area contributed by atoms with Crippen molar-refractivity contribution in [1.82, 2.24) is 14.6 Å². The van der Waals surface area contributed by atoms with Gasteiger partial charge in [-0.3, -0.25) is 0 Å². The number of aryl methyl sites for hydroxylation is 2. The van der Waals surface area contributed by atoms with Crippen LogP contribution in [0, 0.1) is 13.8 Å². The van der Waals surface area contributed by atoms with E-state index < -0.39 is 17.8 Å². The Kier molecular flexibility index (Phi) is 2.53. The van der Waals surface area contributed by atoms with Crippen molar-refractivity contribution in [1.29, 1.82) is 0 Å². The lowest BCUT2D eigenvalue weighted by atomic mass is 10.2. The number of hydrogen-bond donors (Lipinski definition) is 1. The zero-order chi connectivity index (χ0) is 13.7. The fourth-order valence-corrected chi connectivity index (χ4v) is 1.74. The Morgan fingerprint density at radius 3 is 2.50 bits per heavy atom. The number of carboxylic acid groups (broad SMARTS) is 1. The number of alkyl halides is 3. The van der Waals surface area contributed by atoms with Crippen molar-refractivity contribution in [3.05, 3.63) is 28.7 Å². The summed E-state index contributed by atoms with van der Waals surface area (Å²) in [5.74, 6) is -1.25. The van der Waals surface area contributed by atoms with Crippen molar-refractivity contribution >= 4 is 11.6 Å². The number of aromatic nitrogens is 3. The van der Waals surface area contributed by atoms with Gasteiger partial charge in [0.15, 0.2) is 11.3 Å². The van der Waals surface area contributed by atoms with Gasteiger partial charge in [0.05, 0.1) is 11.4 Å². The number of fused-ring (bicyclic) bond motifs is 1. The van der Waals surface area contributed by atoms with Crippen LogP contribution in [-0.2, 0) is 6.18 Å². The van der Waals surface area contributed by atoms with Crippen molar-refractivity contribution < 1.29 is 23.1 Å². The standard InChI is InChI=1S/C10H8F3N3O2/c1-4-8(9(17)18)5(2)16-7(14-4)3-6(15-16)10(11,12)13/h3H,1-2H3,(H,17,18). The van der Waals surface area contributed by atoms with E-state index in [1.807, 2.05) is 0 Å². The van der Waals surface area contributed by atoms with E-state index in [4.69, 9.17) is 5.11 Å². The molecule has 0 aliphatic heterocycles. The molecule has 0 amide bonds. The molecule has 0 saturated heterocycles. The summed E-state index contributed by atoms with van der Waals surface area (Å²) in [4.78, 5) is 14.8.